The molecule has 0 radical (unpaired) electrons. The van der Waals surface area contributed by atoms with Crippen molar-refractivity contribution in [3.05, 3.63) is 108 Å². The molecule has 0 aliphatic carbocycles. The number of hydrogen-bond donors (Lipinski definition) is 1. The van der Waals surface area contributed by atoms with E-state index in [1.807, 2.05) is 60.7 Å². The van der Waals surface area contributed by atoms with Crippen molar-refractivity contribution in [2.24, 2.45) is 0 Å². The molecule has 1 saturated heterocycles. The summed E-state index contributed by atoms with van der Waals surface area (Å²) in [4.78, 5) is 15.2. The van der Waals surface area contributed by atoms with Gasteiger partial charge in [0.2, 0.25) is 0 Å². The molecule has 0 bridgehead atoms. The molecule has 1 amide bonds. The van der Waals surface area contributed by atoms with Crippen molar-refractivity contribution in [3.8, 4) is 11.5 Å². The lowest BCUT2D eigenvalue weighted by Crippen LogP contribution is -2.44. The maximum Gasteiger partial charge on any atom is 0.251 e. The predicted octanol–water partition coefficient (Wildman–Crippen LogP) is 6.17. The normalized spacial score (nSPS) is 14.7. The van der Waals surface area contributed by atoms with Crippen molar-refractivity contribution in [1.82, 2.24) is 10.2 Å². The summed E-state index contributed by atoms with van der Waals surface area (Å²) < 4.78 is 19.3. The fourth-order valence-corrected chi connectivity index (χ4v) is 4.45. The second-order valence-corrected chi connectivity index (χ2v) is 8.79. The molecule has 1 aliphatic heterocycles. The summed E-state index contributed by atoms with van der Waals surface area (Å²) in [5, 5.41) is 5.16. The van der Waals surface area contributed by atoms with Crippen LogP contribution in [-0.2, 0) is 6.54 Å². The molecule has 4 aromatic carbocycles. The molecular formula is C29H27FN2O2. The first-order chi connectivity index (χ1) is 16.6. The number of benzene rings is 4. The topological polar surface area (TPSA) is 41.6 Å². The molecule has 34 heavy (non-hydrogen) atoms. The van der Waals surface area contributed by atoms with Crippen molar-refractivity contribution in [1.29, 1.82) is 0 Å². The number of fused-ring (bicyclic) bond motifs is 1. The molecule has 0 aromatic heterocycles. The van der Waals surface area contributed by atoms with Gasteiger partial charge in [-0.2, -0.15) is 0 Å². The average molecular weight is 455 g/mol. The molecule has 1 fully saturated rings. The number of para-hydroxylation sites is 1. The highest BCUT2D eigenvalue weighted by molar-refractivity contribution is 5.94. The number of hydrogen-bond acceptors (Lipinski definition) is 3. The minimum atomic E-state index is -0.209. The number of carbonyl (C=O) groups excluding carboxylic acids is 1. The second kappa shape index (κ2) is 10.1. The van der Waals surface area contributed by atoms with Gasteiger partial charge >= 0.3 is 0 Å². The number of amides is 1. The summed E-state index contributed by atoms with van der Waals surface area (Å²) in [7, 11) is 0. The van der Waals surface area contributed by atoms with Crippen molar-refractivity contribution < 1.29 is 13.9 Å². The monoisotopic (exact) mass is 454 g/mol. The minimum absolute atomic E-state index is 0.0706. The van der Waals surface area contributed by atoms with E-state index in [0.29, 0.717) is 11.3 Å². The highest BCUT2D eigenvalue weighted by Crippen LogP contribution is 2.23. The molecule has 5 heteroatoms. The maximum atomic E-state index is 13.4. The molecule has 1 N–H and O–H groups in total. The van der Waals surface area contributed by atoms with Gasteiger partial charge in [0, 0.05) is 31.2 Å². The fraction of sp³-hybridized carbons (Fsp3) is 0.207. The van der Waals surface area contributed by atoms with E-state index in [2.05, 4.69) is 22.3 Å². The van der Waals surface area contributed by atoms with Crippen LogP contribution in [0.4, 0.5) is 4.39 Å². The van der Waals surface area contributed by atoms with Crippen LogP contribution >= 0.6 is 0 Å². The first-order valence-corrected chi connectivity index (χ1v) is 11.7. The Hall–Kier alpha value is -3.70. The largest absolute Gasteiger partial charge is 0.457 e. The van der Waals surface area contributed by atoms with Gasteiger partial charge in [0.25, 0.3) is 5.91 Å². The quantitative estimate of drug-likeness (QED) is 0.379. The minimum Gasteiger partial charge on any atom is -0.457 e. The Bertz CT molecular complexity index is 1280. The Kier molecular flexibility index (Phi) is 6.54. The summed E-state index contributed by atoms with van der Waals surface area (Å²) in [6.45, 7) is 2.69. The first-order valence-electron chi connectivity index (χ1n) is 11.7. The van der Waals surface area contributed by atoms with E-state index in [4.69, 9.17) is 4.74 Å². The third-order valence-corrected chi connectivity index (χ3v) is 6.27. The average Bonchev–Trinajstić information content (AvgIpc) is 2.86. The maximum absolute atomic E-state index is 13.4. The van der Waals surface area contributed by atoms with Crippen LogP contribution in [0.2, 0.25) is 0 Å². The molecule has 0 unspecified atom stereocenters. The Labute approximate surface area is 199 Å². The summed E-state index contributed by atoms with van der Waals surface area (Å²) in [6, 6.07) is 28.1. The van der Waals surface area contributed by atoms with Crippen LogP contribution in [0.1, 0.15) is 28.8 Å². The number of nitrogens with one attached hydrogen (secondary N) is 1. The van der Waals surface area contributed by atoms with Crippen molar-refractivity contribution in [2.75, 3.05) is 13.1 Å². The third-order valence-electron chi connectivity index (χ3n) is 6.27. The van der Waals surface area contributed by atoms with Crippen LogP contribution < -0.4 is 10.1 Å². The molecule has 5 rings (SSSR count). The first kappa shape index (κ1) is 22.1. The van der Waals surface area contributed by atoms with Crippen LogP contribution in [0.25, 0.3) is 10.8 Å². The molecule has 4 aromatic rings. The van der Waals surface area contributed by atoms with Gasteiger partial charge < -0.3 is 10.1 Å². The van der Waals surface area contributed by atoms with Crippen LogP contribution in [0.3, 0.4) is 0 Å². The number of carbonyl (C=O) groups is 1. The van der Waals surface area contributed by atoms with E-state index in [-0.39, 0.29) is 17.8 Å². The zero-order chi connectivity index (χ0) is 23.3. The van der Waals surface area contributed by atoms with Gasteiger partial charge in [-0.05, 0) is 77.7 Å². The molecule has 0 spiro atoms. The highest BCUT2D eigenvalue weighted by Gasteiger charge is 2.21. The third kappa shape index (κ3) is 5.43. The van der Waals surface area contributed by atoms with E-state index < -0.39 is 0 Å². The standard InChI is InChI=1S/C29H27FN2O2/c30-25-12-11-22-17-21(9-10-23(22)18-25)20-32-15-13-26(14-16-32)31-29(33)24-5-4-8-28(19-24)34-27-6-2-1-3-7-27/h1-12,17-19,26H,13-16,20H2,(H,31,33). The predicted molar refractivity (Wildman–Crippen MR) is 133 cm³/mol. The lowest BCUT2D eigenvalue weighted by atomic mass is 10.0. The number of rotatable bonds is 6. The van der Waals surface area contributed by atoms with Crippen LogP contribution in [0.5, 0.6) is 11.5 Å². The van der Waals surface area contributed by atoms with Crippen LogP contribution in [0.15, 0.2) is 91.0 Å². The number of halogens is 1. The fourth-order valence-electron chi connectivity index (χ4n) is 4.45. The Balaban J connectivity index is 1.14. The van der Waals surface area contributed by atoms with E-state index in [1.165, 1.54) is 11.6 Å². The van der Waals surface area contributed by atoms with Gasteiger partial charge in [-0.3, -0.25) is 9.69 Å². The highest BCUT2D eigenvalue weighted by atomic mass is 19.1. The van der Waals surface area contributed by atoms with Gasteiger partial charge in [0.15, 0.2) is 0 Å². The van der Waals surface area contributed by atoms with Gasteiger partial charge in [-0.1, -0.05) is 42.5 Å². The molecule has 172 valence electrons. The molecular weight excluding hydrogens is 427 g/mol. The summed E-state index contributed by atoms with van der Waals surface area (Å²) in [5.74, 6) is 1.11. The number of ether oxygens (including phenoxy) is 1. The Morgan fingerprint density at radius 3 is 2.41 bits per heavy atom. The lowest BCUT2D eigenvalue weighted by Gasteiger charge is -2.32. The van der Waals surface area contributed by atoms with Gasteiger partial charge in [0.1, 0.15) is 17.3 Å². The van der Waals surface area contributed by atoms with Crippen LogP contribution in [0, 0.1) is 5.82 Å². The lowest BCUT2D eigenvalue weighted by molar-refractivity contribution is 0.0908. The van der Waals surface area contributed by atoms with E-state index in [9.17, 15) is 9.18 Å². The molecule has 0 atom stereocenters. The van der Waals surface area contributed by atoms with Crippen LogP contribution in [-0.4, -0.2) is 29.9 Å². The second-order valence-electron chi connectivity index (χ2n) is 8.79. The van der Waals surface area contributed by atoms with Crippen molar-refractivity contribution in [3.63, 3.8) is 0 Å². The molecule has 4 nitrogen and oxygen atoms in total. The van der Waals surface area contributed by atoms with E-state index >= 15 is 0 Å². The summed E-state index contributed by atoms with van der Waals surface area (Å²) >= 11 is 0. The zero-order valence-corrected chi connectivity index (χ0v) is 18.9. The number of likely N-dealkylation sites (tertiary alicyclic amines) is 1. The van der Waals surface area contributed by atoms with E-state index in [1.54, 1.807) is 12.1 Å². The molecule has 1 aliphatic rings. The van der Waals surface area contributed by atoms with Crippen molar-refractivity contribution >= 4 is 16.7 Å². The number of nitrogens with zero attached hydrogens (tertiary/aromatic N) is 1. The van der Waals surface area contributed by atoms with Crippen molar-refractivity contribution in [2.45, 2.75) is 25.4 Å². The summed E-state index contributed by atoms with van der Waals surface area (Å²) in [5.41, 5.74) is 1.82. The summed E-state index contributed by atoms with van der Waals surface area (Å²) in [6.07, 6.45) is 1.81. The van der Waals surface area contributed by atoms with Gasteiger partial charge in [-0.25, -0.2) is 4.39 Å². The van der Waals surface area contributed by atoms with Gasteiger partial charge in [-0.15, -0.1) is 0 Å². The van der Waals surface area contributed by atoms with Gasteiger partial charge in [0.05, 0.1) is 0 Å². The molecule has 0 saturated carbocycles. The zero-order valence-electron chi connectivity index (χ0n) is 18.9. The Morgan fingerprint density at radius 1 is 0.853 bits per heavy atom. The molecule has 1 heterocycles. The van der Waals surface area contributed by atoms with E-state index in [0.717, 1.165) is 49.0 Å². The number of piperidine rings is 1. The smallest absolute Gasteiger partial charge is 0.251 e. The Morgan fingerprint density at radius 2 is 1.59 bits per heavy atom. The SMILES string of the molecule is O=C(NC1CCN(Cc2ccc3cc(F)ccc3c2)CC1)c1cccc(Oc2ccccc2)c1.